The molecule has 0 bridgehead atoms. The van der Waals surface area contributed by atoms with E-state index in [1.54, 1.807) is 0 Å². The molecule has 0 radical (unpaired) electrons. The molecule has 3 heteroatoms. The van der Waals surface area contributed by atoms with Gasteiger partial charge in [-0.2, -0.15) is 0 Å². The quantitative estimate of drug-likeness (QED) is 0.172. The van der Waals surface area contributed by atoms with Gasteiger partial charge in [0.05, 0.1) is 6.26 Å². The summed E-state index contributed by atoms with van der Waals surface area (Å²) in [5.41, 5.74) is 10.0. The molecule has 246 valence electrons. The summed E-state index contributed by atoms with van der Waals surface area (Å²) in [6, 6.07) is 59.4. The highest BCUT2D eigenvalue weighted by atomic mass is 32.1. The van der Waals surface area contributed by atoms with Gasteiger partial charge in [0.2, 0.25) is 0 Å². The van der Waals surface area contributed by atoms with Crippen LogP contribution in [0.25, 0.3) is 119 Å². The van der Waals surface area contributed by atoms with Gasteiger partial charge >= 0.3 is 0 Å². The highest BCUT2D eigenvalue weighted by molar-refractivity contribution is 7.26. The first-order chi connectivity index (χ1) is 26.3. The third-order valence-electron chi connectivity index (χ3n) is 11.1. The Kier molecular flexibility index (Phi) is 5.96. The van der Waals surface area contributed by atoms with Crippen LogP contribution < -0.4 is 0 Å². The fraction of sp³-hybridized carbons (Fsp3) is 0. The first-order valence-electron chi connectivity index (χ1n) is 18.0. The molecule has 0 aliphatic carbocycles. The molecule has 3 heterocycles. The minimum Gasteiger partial charge on any atom is -0.464 e. The second-order valence-electron chi connectivity index (χ2n) is 14.0. The summed E-state index contributed by atoms with van der Waals surface area (Å²) in [6.07, 6.45) is 1.91. The summed E-state index contributed by atoms with van der Waals surface area (Å²) in [4.78, 5) is 0. The number of para-hydroxylation sites is 1. The van der Waals surface area contributed by atoms with E-state index in [4.69, 9.17) is 8.83 Å². The van der Waals surface area contributed by atoms with Crippen LogP contribution in [0.1, 0.15) is 0 Å². The van der Waals surface area contributed by atoms with Crippen molar-refractivity contribution in [3.63, 3.8) is 0 Å². The lowest BCUT2D eigenvalue weighted by Gasteiger charge is -2.19. The van der Waals surface area contributed by atoms with Crippen molar-refractivity contribution in [2.24, 2.45) is 0 Å². The van der Waals surface area contributed by atoms with E-state index in [0.29, 0.717) is 0 Å². The van der Waals surface area contributed by atoms with Crippen molar-refractivity contribution >= 4 is 96.7 Å². The molecule has 0 unspecified atom stereocenters. The van der Waals surface area contributed by atoms with Crippen LogP contribution in [0.5, 0.6) is 0 Å². The highest BCUT2D eigenvalue weighted by Crippen LogP contribution is 2.48. The lowest BCUT2D eigenvalue weighted by molar-refractivity contribution is 0.617. The second kappa shape index (κ2) is 10.9. The molecule has 0 saturated heterocycles. The molecule has 0 N–H and O–H groups in total. The van der Waals surface area contributed by atoms with Crippen LogP contribution >= 0.6 is 11.3 Å². The standard InChI is InChI=1S/C50H28O2S/c1-2-11-29(12-3-1)42-28-51-44-23-22-38-41-25-31(21-24-46(41)53-50(38)49(42)44)47-33-15-4-6-17-35(33)48(36-18-7-5-16-34(36)47)37-19-10-13-30-26-45-40(27-39(30)37)32-14-8-9-20-43(32)52-45/h1-28H. The Morgan fingerprint density at radius 1 is 0.377 bits per heavy atom. The van der Waals surface area contributed by atoms with Gasteiger partial charge < -0.3 is 8.83 Å². The van der Waals surface area contributed by atoms with Gasteiger partial charge in [-0.15, -0.1) is 11.3 Å². The van der Waals surface area contributed by atoms with Crippen LogP contribution in [0.15, 0.2) is 179 Å². The predicted molar refractivity (Wildman–Crippen MR) is 225 cm³/mol. The highest BCUT2D eigenvalue weighted by Gasteiger charge is 2.21. The van der Waals surface area contributed by atoms with E-state index in [9.17, 15) is 0 Å². The minimum absolute atomic E-state index is 0.917. The van der Waals surface area contributed by atoms with Gasteiger partial charge in [-0.1, -0.05) is 121 Å². The fourth-order valence-electron chi connectivity index (χ4n) is 8.79. The summed E-state index contributed by atoms with van der Waals surface area (Å²) in [7, 11) is 0. The first-order valence-corrected chi connectivity index (χ1v) is 18.8. The smallest absolute Gasteiger partial charge is 0.136 e. The first kappa shape index (κ1) is 29.0. The topological polar surface area (TPSA) is 26.3 Å². The molecule has 9 aromatic carbocycles. The van der Waals surface area contributed by atoms with Crippen molar-refractivity contribution in [3.05, 3.63) is 170 Å². The van der Waals surface area contributed by atoms with E-state index in [1.807, 2.05) is 23.7 Å². The molecule has 3 aromatic heterocycles. The van der Waals surface area contributed by atoms with Crippen LogP contribution in [-0.2, 0) is 0 Å². The number of rotatable bonds is 3. The van der Waals surface area contributed by atoms with Crippen molar-refractivity contribution in [2.75, 3.05) is 0 Å². The van der Waals surface area contributed by atoms with Crippen LogP contribution in [-0.4, -0.2) is 0 Å². The minimum atomic E-state index is 0.917. The normalized spacial score (nSPS) is 12.2. The molecular formula is C50H28O2S. The van der Waals surface area contributed by atoms with Gasteiger partial charge in [-0.05, 0) is 103 Å². The molecule has 53 heavy (non-hydrogen) atoms. The third kappa shape index (κ3) is 4.14. The molecule has 0 aliphatic heterocycles. The molecule has 0 aliphatic rings. The van der Waals surface area contributed by atoms with Crippen molar-refractivity contribution < 1.29 is 8.83 Å². The van der Waals surface area contributed by atoms with E-state index in [-0.39, 0.29) is 0 Å². The maximum atomic E-state index is 6.30. The van der Waals surface area contributed by atoms with Crippen LogP contribution in [0, 0.1) is 0 Å². The average molecular weight is 693 g/mol. The SMILES string of the molecule is c1ccc(-c2coc3ccc4c5cc(-c6c7ccccc7c(-c7cccc8cc9oc%10ccccc%10c9cc78)c7ccccc67)ccc5sc4c23)cc1. The number of fused-ring (bicyclic) bond motifs is 11. The summed E-state index contributed by atoms with van der Waals surface area (Å²) in [6.45, 7) is 0. The second-order valence-corrected chi connectivity index (χ2v) is 15.0. The van der Waals surface area contributed by atoms with Crippen molar-refractivity contribution in [2.45, 2.75) is 0 Å². The maximum Gasteiger partial charge on any atom is 0.136 e. The molecule has 0 fully saturated rings. The van der Waals surface area contributed by atoms with Crippen molar-refractivity contribution in [1.82, 2.24) is 0 Å². The molecule has 2 nitrogen and oxygen atoms in total. The molecule has 12 aromatic rings. The van der Waals surface area contributed by atoms with Gasteiger partial charge in [0, 0.05) is 41.9 Å². The number of hydrogen-bond donors (Lipinski definition) is 0. The van der Waals surface area contributed by atoms with Crippen LogP contribution in [0.4, 0.5) is 0 Å². The maximum absolute atomic E-state index is 6.30. The van der Waals surface area contributed by atoms with Gasteiger partial charge in [0.1, 0.15) is 16.7 Å². The predicted octanol–water partition coefficient (Wildman–Crippen LogP) is 15.2. The zero-order valence-corrected chi connectivity index (χ0v) is 29.2. The van der Waals surface area contributed by atoms with E-state index in [0.717, 1.165) is 33.1 Å². The Morgan fingerprint density at radius 2 is 1.09 bits per heavy atom. The lowest BCUT2D eigenvalue weighted by Crippen LogP contribution is -1.91. The number of benzene rings is 9. The zero-order chi connectivity index (χ0) is 34.6. The Bertz CT molecular complexity index is 3390. The van der Waals surface area contributed by atoms with E-state index in [1.165, 1.54) is 85.7 Å². The van der Waals surface area contributed by atoms with Crippen molar-refractivity contribution in [3.8, 4) is 33.4 Å². The van der Waals surface area contributed by atoms with E-state index < -0.39 is 0 Å². The Hall–Kier alpha value is -6.68. The van der Waals surface area contributed by atoms with Gasteiger partial charge in [0.25, 0.3) is 0 Å². The number of furan rings is 2. The van der Waals surface area contributed by atoms with Crippen molar-refractivity contribution in [1.29, 1.82) is 0 Å². The summed E-state index contributed by atoms with van der Waals surface area (Å²) < 4.78 is 15.0. The van der Waals surface area contributed by atoms with Crippen LogP contribution in [0.2, 0.25) is 0 Å². The number of hydrogen-bond acceptors (Lipinski definition) is 3. The Labute approximate surface area is 307 Å². The molecular weight excluding hydrogens is 665 g/mol. The van der Waals surface area contributed by atoms with E-state index in [2.05, 4.69) is 158 Å². The van der Waals surface area contributed by atoms with Gasteiger partial charge in [-0.25, -0.2) is 0 Å². The fourth-order valence-corrected chi connectivity index (χ4v) is 10.0. The Morgan fingerprint density at radius 3 is 1.89 bits per heavy atom. The monoisotopic (exact) mass is 692 g/mol. The third-order valence-corrected chi connectivity index (χ3v) is 12.3. The molecule has 0 amide bonds. The van der Waals surface area contributed by atoms with E-state index >= 15 is 0 Å². The van der Waals surface area contributed by atoms with Gasteiger partial charge in [0.15, 0.2) is 0 Å². The van der Waals surface area contributed by atoms with Crippen LogP contribution in [0.3, 0.4) is 0 Å². The summed E-state index contributed by atoms with van der Waals surface area (Å²) in [5, 5.41) is 13.4. The Balaban J connectivity index is 1.13. The largest absolute Gasteiger partial charge is 0.464 e. The molecule has 12 rings (SSSR count). The molecule has 0 saturated carbocycles. The lowest BCUT2D eigenvalue weighted by atomic mass is 9.84. The van der Waals surface area contributed by atoms with Gasteiger partial charge in [-0.3, -0.25) is 0 Å². The zero-order valence-electron chi connectivity index (χ0n) is 28.4. The summed E-state index contributed by atoms with van der Waals surface area (Å²) in [5.74, 6) is 0. The number of thiophene rings is 1. The summed E-state index contributed by atoms with van der Waals surface area (Å²) >= 11 is 1.85. The molecule has 0 spiro atoms. The molecule has 0 atom stereocenters. The average Bonchev–Trinajstić information content (AvgIpc) is 3.92.